The van der Waals surface area contributed by atoms with Crippen molar-refractivity contribution in [2.45, 2.75) is 38.3 Å². The van der Waals surface area contributed by atoms with Crippen molar-refractivity contribution in [2.24, 2.45) is 10.4 Å². The first kappa shape index (κ1) is 24.1. The number of benzene rings is 1. The molecule has 1 saturated heterocycles. The number of nitrogens with one attached hydrogen (secondary N) is 1. The molecule has 3 heterocycles. The van der Waals surface area contributed by atoms with Gasteiger partial charge in [-0.15, -0.1) is 11.3 Å². The van der Waals surface area contributed by atoms with Crippen molar-refractivity contribution < 1.29 is 23.8 Å². The third kappa shape index (κ3) is 4.64. The molecule has 2 N–H and O–H groups in total. The highest BCUT2D eigenvalue weighted by atomic mass is 79.9. The molecule has 8 nitrogen and oxygen atoms in total. The number of likely N-dealkylation sites (tertiary alicyclic amines) is 1. The third-order valence-corrected chi connectivity index (χ3v) is 8.47. The summed E-state index contributed by atoms with van der Waals surface area (Å²) in [7, 11) is 1.29. The van der Waals surface area contributed by atoms with E-state index in [1.165, 1.54) is 30.6 Å². The number of esters is 1. The summed E-state index contributed by atoms with van der Waals surface area (Å²) in [6, 6.07) is 2.79. The summed E-state index contributed by atoms with van der Waals surface area (Å²) in [5.41, 5.74) is 2.25. The van der Waals surface area contributed by atoms with Crippen molar-refractivity contribution in [3.8, 4) is 0 Å². The van der Waals surface area contributed by atoms with E-state index in [0.29, 0.717) is 39.5 Å². The van der Waals surface area contributed by atoms with Gasteiger partial charge < -0.3 is 15.2 Å². The second-order valence-corrected chi connectivity index (χ2v) is 11.0. The summed E-state index contributed by atoms with van der Waals surface area (Å²) >= 11 is 4.83. The van der Waals surface area contributed by atoms with E-state index in [4.69, 9.17) is 9.73 Å². The van der Waals surface area contributed by atoms with Crippen LogP contribution in [0.3, 0.4) is 0 Å². The summed E-state index contributed by atoms with van der Waals surface area (Å²) in [6.45, 7) is 2.74. The van der Waals surface area contributed by atoms with Gasteiger partial charge in [-0.25, -0.2) is 14.2 Å². The smallest absolute Gasteiger partial charge is 0.338 e. The van der Waals surface area contributed by atoms with Crippen LogP contribution in [0, 0.1) is 18.2 Å². The van der Waals surface area contributed by atoms with E-state index in [0.717, 1.165) is 18.5 Å². The maximum absolute atomic E-state index is 13.9. The van der Waals surface area contributed by atoms with Gasteiger partial charge in [0.15, 0.2) is 10.8 Å². The number of aryl methyl sites for hydroxylation is 1. The van der Waals surface area contributed by atoms with Gasteiger partial charge in [0.25, 0.3) is 0 Å². The average molecular weight is 563 g/mol. The molecule has 3 aliphatic rings. The van der Waals surface area contributed by atoms with E-state index in [1.54, 1.807) is 6.07 Å². The maximum atomic E-state index is 13.9. The van der Waals surface area contributed by atoms with Gasteiger partial charge in [0.2, 0.25) is 0 Å². The molecule has 184 valence electrons. The molecule has 1 aromatic heterocycles. The van der Waals surface area contributed by atoms with Crippen LogP contribution in [0.5, 0.6) is 0 Å². The number of carbonyl (C=O) groups is 2. The molecular weight excluding hydrogens is 539 g/mol. The molecule has 2 atom stereocenters. The zero-order valence-electron chi connectivity index (χ0n) is 19.2. The largest absolute Gasteiger partial charge is 0.480 e. The van der Waals surface area contributed by atoms with Crippen molar-refractivity contribution in [1.82, 2.24) is 15.2 Å². The number of carboxylic acids is 1. The minimum Gasteiger partial charge on any atom is -0.480 e. The van der Waals surface area contributed by atoms with E-state index in [1.807, 2.05) is 17.2 Å². The molecule has 1 aliphatic carbocycles. The summed E-state index contributed by atoms with van der Waals surface area (Å²) < 4.78 is 19.5. The molecule has 5 rings (SSSR count). The monoisotopic (exact) mass is 562 g/mol. The van der Waals surface area contributed by atoms with Crippen molar-refractivity contribution in [3.63, 3.8) is 0 Å². The lowest BCUT2D eigenvalue weighted by molar-refractivity contribution is -0.142. The molecule has 1 saturated carbocycles. The molecule has 2 fully saturated rings. The van der Waals surface area contributed by atoms with Crippen molar-refractivity contribution in [2.75, 3.05) is 20.2 Å². The fourth-order valence-corrected chi connectivity index (χ4v) is 6.20. The standard InChI is InChI=1S/C24H24BrFN4O4S/c1-12-10-35-21(27-12)20-28-16(9-30-11-24(5-6-24)8-17(30)22(31)32)18(23(33)34-2)19(29-20)14-4-3-13(26)7-15(14)25/h3-4,7,10,17,19H,5-6,8-9,11H2,1-2H3,(H,28,29)(H,31,32)/t17-,19-/m0/s1. The third-order valence-electron chi connectivity index (χ3n) is 6.82. The second-order valence-electron chi connectivity index (χ2n) is 9.31. The van der Waals surface area contributed by atoms with Crippen LogP contribution in [0.4, 0.5) is 4.39 Å². The fraction of sp³-hybridized carbons (Fsp3) is 0.417. The lowest BCUT2D eigenvalue weighted by Gasteiger charge is -2.30. The molecule has 0 radical (unpaired) electrons. The number of rotatable bonds is 6. The average Bonchev–Trinajstić information content (AvgIpc) is 3.25. The van der Waals surface area contributed by atoms with E-state index < -0.39 is 29.8 Å². The predicted octanol–water partition coefficient (Wildman–Crippen LogP) is 3.81. The number of aliphatic carboxylic acids is 1. The van der Waals surface area contributed by atoms with E-state index in [-0.39, 0.29) is 17.5 Å². The van der Waals surface area contributed by atoms with Gasteiger partial charge >= 0.3 is 11.9 Å². The lowest BCUT2D eigenvalue weighted by atomic mass is 9.95. The number of ether oxygens (including phenoxy) is 1. The minimum atomic E-state index is -0.868. The number of thiazole rings is 1. The van der Waals surface area contributed by atoms with Crippen LogP contribution in [0.25, 0.3) is 0 Å². The Hall–Kier alpha value is -2.63. The maximum Gasteiger partial charge on any atom is 0.338 e. The highest BCUT2D eigenvalue weighted by Gasteiger charge is 2.54. The highest BCUT2D eigenvalue weighted by molar-refractivity contribution is 9.10. The first-order valence-electron chi connectivity index (χ1n) is 11.2. The Labute approximate surface area is 214 Å². The number of hydrogen-bond acceptors (Lipinski definition) is 8. The van der Waals surface area contributed by atoms with Gasteiger partial charge in [0.05, 0.1) is 12.7 Å². The Bertz CT molecular complexity index is 1270. The van der Waals surface area contributed by atoms with Crippen molar-refractivity contribution in [1.29, 1.82) is 0 Å². The van der Waals surface area contributed by atoms with E-state index in [9.17, 15) is 19.1 Å². The van der Waals surface area contributed by atoms with Gasteiger partial charge in [0, 0.05) is 34.3 Å². The molecule has 2 aliphatic heterocycles. The zero-order chi connectivity index (χ0) is 24.9. The molecular formula is C24H24BrFN4O4S. The number of aliphatic imine (C=N–C) groups is 1. The molecule has 0 amide bonds. The first-order chi connectivity index (χ1) is 16.7. The normalized spacial score (nSPS) is 23.3. The zero-order valence-corrected chi connectivity index (χ0v) is 21.6. The van der Waals surface area contributed by atoms with Gasteiger partial charge in [-0.1, -0.05) is 22.0 Å². The van der Waals surface area contributed by atoms with Crippen LogP contribution >= 0.6 is 27.3 Å². The number of amidine groups is 1. The SMILES string of the molecule is COC(=O)C1=C(CN2CC3(CC3)C[C@H]2C(=O)O)NC(c2nc(C)cs2)=N[C@H]1c1ccc(F)cc1Br. The molecule has 2 aromatic rings. The van der Waals surface area contributed by atoms with Crippen LogP contribution in [-0.4, -0.2) is 59.0 Å². The number of methoxy groups -OCH3 is 1. The molecule has 35 heavy (non-hydrogen) atoms. The molecule has 11 heteroatoms. The van der Waals surface area contributed by atoms with Crippen LogP contribution in [0.2, 0.25) is 0 Å². The Morgan fingerprint density at radius 2 is 2.17 bits per heavy atom. The number of nitrogens with zero attached hydrogens (tertiary/aromatic N) is 3. The number of carbonyl (C=O) groups excluding carboxylic acids is 1. The minimum absolute atomic E-state index is 0.0481. The van der Waals surface area contributed by atoms with Crippen LogP contribution < -0.4 is 5.32 Å². The number of halogens is 2. The predicted molar refractivity (Wildman–Crippen MR) is 132 cm³/mol. The summed E-state index contributed by atoms with van der Waals surface area (Å²) in [5, 5.41) is 15.7. The Morgan fingerprint density at radius 1 is 1.40 bits per heavy atom. The van der Waals surface area contributed by atoms with Crippen molar-refractivity contribution >= 4 is 45.0 Å². The molecule has 0 unspecified atom stereocenters. The number of carboxylic acid groups (broad SMARTS) is 1. The van der Waals surface area contributed by atoms with Crippen LogP contribution in [-0.2, 0) is 14.3 Å². The van der Waals surface area contributed by atoms with Gasteiger partial charge in [-0.2, -0.15) is 0 Å². The van der Waals surface area contributed by atoms with E-state index in [2.05, 4.69) is 26.2 Å². The molecule has 1 aromatic carbocycles. The van der Waals surface area contributed by atoms with Gasteiger partial charge in [-0.05, 0) is 49.3 Å². The Kier molecular flexibility index (Phi) is 6.27. The lowest BCUT2D eigenvalue weighted by Crippen LogP contribution is -2.43. The summed E-state index contributed by atoms with van der Waals surface area (Å²) in [6.07, 6.45) is 2.63. The number of aromatic nitrogens is 1. The van der Waals surface area contributed by atoms with Crippen LogP contribution in [0.15, 0.2) is 44.3 Å². The molecule has 1 spiro atoms. The van der Waals surface area contributed by atoms with Crippen LogP contribution in [0.1, 0.15) is 41.6 Å². The summed E-state index contributed by atoms with van der Waals surface area (Å²) in [5.74, 6) is -1.40. The number of hydrogen-bond donors (Lipinski definition) is 2. The topological polar surface area (TPSA) is 104 Å². The van der Waals surface area contributed by atoms with Crippen molar-refractivity contribution in [3.05, 3.63) is 61.4 Å². The fourth-order valence-electron chi connectivity index (χ4n) is 4.89. The molecule has 0 bridgehead atoms. The van der Waals surface area contributed by atoms with Gasteiger partial charge in [0.1, 0.15) is 17.9 Å². The Balaban J connectivity index is 1.61. The van der Waals surface area contributed by atoms with E-state index >= 15 is 0 Å². The summed E-state index contributed by atoms with van der Waals surface area (Å²) in [4.78, 5) is 36.4. The highest BCUT2D eigenvalue weighted by Crippen LogP contribution is 2.55. The van der Waals surface area contributed by atoms with Gasteiger partial charge in [-0.3, -0.25) is 14.7 Å². The second kappa shape index (κ2) is 9.11. The quantitative estimate of drug-likeness (QED) is 0.516. The Morgan fingerprint density at radius 3 is 2.77 bits per heavy atom. The first-order valence-corrected chi connectivity index (χ1v) is 12.9.